The van der Waals surface area contributed by atoms with E-state index in [0.29, 0.717) is 11.8 Å². The SMILES string of the molecule is OCC1=C(CO)[C@H]2CC[C@@H]1C2. The molecule has 1 saturated carbocycles. The van der Waals surface area contributed by atoms with Crippen molar-refractivity contribution in [2.24, 2.45) is 11.8 Å². The first-order valence-corrected chi connectivity index (χ1v) is 4.30. The van der Waals surface area contributed by atoms with E-state index in [1.807, 2.05) is 0 Å². The topological polar surface area (TPSA) is 40.5 Å². The Kier molecular flexibility index (Phi) is 1.74. The molecule has 0 radical (unpaired) electrons. The number of hydrogen-bond acceptors (Lipinski definition) is 2. The minimum Gasteiger partial charge on any atom is -0.392 e. The largest absolute Gasteiger partial charge is 0.392 e. The van der Waals surface area contributed by atoms with Crippen LogP contribution < -0.4 is 0 Å². The lowest BCUT2D eigenvalue weighted by Gasteiger charge is -2.16. The summed E-state index contributed by atoms with van der Waals surface area (Å²) in [6.45, 7) is 0.328. The maximum Gasteiger partial charge on any atom is 0.0648 e. The number of aliphatic hydroxyl groups is 2. The molecule has 2 aliphatic rings. The van der Waals surface area contributed by atoms with E-state index in [1.165, 1.54) is 19.3 Å². The van der Waals surface area contributed by atoms with Gasteiger partial charge in [-0.05, 0) is 42.2 Å². The fourth-order valence-electron chi connectivity index (χ4n) is 2.60. The van der Waals surface area contributed by atoms with E-state index in [4.69, 9.17) is 10.2 Å². The van der Waals surface area contributed by atoms with Gasteiger partial charge in [-0.3, -0.25) is 0 Å². The van der Waals surface area contributed by atoms with Crippen LogP contribution in [-0.2, 0) is 0 Å². The second-order valence-electron chi connectivity index (χ2n) is 3.57. The van der Waals surface area contributed by atoms with Gasteiger partial charge in [-0.1, -0.05) is 0 Å². The fraction of sp³-hybridized carbons (Fsp3) is 0.778. The molecule has 2 rings (SSSR count). The molecule has 2 aliphatic carbocycles. The summed E-state index contributed by atoms with van der Waals surface area (Å²) >= 11 is 0. The van der Waals surface area contributed by atoms with E-state index in [9.17, 15) is 0 Å². The van der Waals surface area contributed by atoms with Crippen molar-refractivity contribution in [2.75, 3.05) is 13.2 Å². The van der Waals surface area contributed by atoms with Crippen LogP contribution in [0.25, 0.3) is 0 Å². The highest BCUT2D eigenvalue weighted by Crippen LogP contribution is 2.47. The van der Waals surface area contributed by atoms with Gasteiger partial charge in [0.1, 0.15) is 0 Å². The lowest BCUT2D eigenvalue weighted by Crippen LogP contribution is -2.09. The predicted molar refractivity (Wildman–Crippen MR) is 42.0 cm³/mol. The quantitative estimate of drug-likeness (QED) is 0.575. The molecule has 0 aliphatic heterocycles. The molecule has 0 spiro atoms. The van der Waals surface area contributed by atoms with Crippen molar-refractivity contribution in [3.63, 3.8) is 0 Å². The summed E-state index contributed by atoms with van der Waals surface area (Å²) in [6.07, 6.45) is 3.64. The summed E-state index contributed by atoms with van der Waals surface area (Å²) < 4.78 is 0. The van der Waals surface area contributed by atoms with E-state index in [2.05, 4.69) is 0 Å². The number of hydrogen-bond donors (Lipinski definition) is 2. The minimum absolute atomic E-state index is 0.164. The van der Waals surface area contributed by atoms with Crippen LogP contribution in [-0.4, -0.2) is 23.4 Å². The fourth-order valence-corrected chi connectivity index (χ4v) is 2.60. The Morgan fingerprint density at radius 3 is 1.82 bits per heavy atom. The molecule has 2 atom stereocenters. The van der Waals surface area contributed by atoms with Crippen molar-refractivity contribution >= 4 is 0 Å². The van der Waals surface area contributed by atoms with Gasteiger partial charge in [0, 0.05) is 0 Å². The zero-order valence-corrected chi connectivity index (χ0v) is 6.58. The number of rotatable bonds is 2. The van der Waals surface area contributed by atoms with Crippen LogP contribution in [0.5, 0.6) is 0 Å². The van der Waals surface area contributed by atoms with Crippen LogP contribution in [0.3, 0.4) is 0 Å². The smallest absolute Gasteiger partial charge is 0.0648 e. The van der Waals surface area contributed by atoms with Gasteiger partial charge in [0.15, 0.2) is 0 Å². The summed E-state index contributed by atoms with van der Waals surface area (Å²) in [5, 5.41) is 18.0. The molecule has 0 aromatic rings. The Hall–Kier alpha value is -0.340. The molecule has 2 nitrogen and oxygen atoms in total. The second kappa shape index (κ2) is 2.61. The van der Waals surface area contributed by atoms with Crippen LogP contribution in [0.15, 0.2) is 11.1 Å². The average Bonchev–Trinajstić information content (AvgIpc) is 2.60. The first kappa shape index (κ1) is 7.32. The molecular formula is C9H14O2. The lowest BCUT2D eigenvalue weighted by molar-refractivity contribution is 0.294. The van der Waals surface area contributed by atoms with Gasteiger partial charge in [-0.15, -0.1) is 0 Å². The Morgan fingerprint density at radius 2 is 1.45 bits per heavy atom. The molecule has 1 fully saturated rings. The Bertz CT molecular complexity index is 176. The molecule has 0 amide bonds. The minimum atomic E-state index is 0.164. The Morgan fingerprint density at radius 1 is 1.00 bits per heavy atom. The Labute approximate surface area is 66.5 Å². The molecular weight excluding hydrogens is 140 g/mol. The maximum atomic E-state index is 9.02. The van der Waals surface area contributed by atoms with Gasteiger partial charge < -0.3 is 10.2 Å². The molecule has 11 heavy (non-hydrogen) atoms. The number of aliphatic hydroxyl groups excluding tert-OH is 2. The normalized spacial score (nSPS) is 35.5. The monoisotopic (exact) mass is 154 g/mol. The molecule has 0 saturated heterocycles. The first-order chi connectivity index (χ1) is 5.36. The molecule has 2 heteroatoms. The molecule has 0 aromatic carbocycles. The highest BCUT2D eigenvalue weighted by molar-refractivity contribution is 5.29. The first-order valence-electron chi connectivity index (χ1n) is 4.30. The zero-order chi connectivity index (χ0) is 7.84. The average molecular weight is 154 g/mol. The summed E-state index contributed by atoms with van der Waals surface area (Å²) in [5.74, 6) is 1.21. The Balaban J connectivity index is 2.27. The summed E-state index contributed by atoms with van der Waals surface area (Å²) in [6, 6.07) is 0. The van der Waals surface area contributed by atoms with Crippen molar-refractivity contribution in [1.82, 2.24) is 0 Å². The molecule has 0 heterocycles. The van der Waals surface area contributed by atoms with E-state index in [-0.39, 0.29) is 13.2 Å². The van der Waals surface area contributed by atoms with Gasteiger partial charge in [0.2, 0.25) is 0 Å². The van der Waals surface area contributed by atoms with Crippen molar-refractivity contribution in [3.05, 3.63) is 11.1 Å². The maximum absolute atomic E-state index is 9.02. The van der Waals surface area contributed by atoms with Crippen molar-refractivity contribution < 1.29 is 10.2 Å². The summed E-state index contributed by atoms with van der Waals surface area (Å²) in [5.41, 5.74) is 2.28. The summed E-state index contributed by atoms with van der Waals surface area (Å²) in [4.78, 5) is 0. The third-order valence-corrected chi connectivity index (χ3v) is 3.17. The summed E-state index contributed by atoms with van der Waals surface area (Å²) in [7, 11) is 0. The van der Waals surface area contributed by atoms with Crippen molar-refractivity contribution in [2.45, 2.75) is 19.3 Å². The van der Waals surface area contributed by atoms with Gasteiger partial charge in [-0.25, -0.2) is 0 Å². The predicted octanol–water partition coefficient (Wildman–Crippen LogP) is 0.698. The van der Waals surface area contributed by atoms with Crippen LogP contribution in [0, 0.1) is 11.8 Å². The van der Waals surface area contributed by atoms with Crippen LogP contribution in [0.4, 0.5) is 0 Å². The third kappa shape index (κ3) is 0.932. The number of fused-ring (bicyclic) bond motifs is 2. The van der Waals surface area contributed by atoms with Gasteiger partial charge in [0.05, 0.1) is 13.2 Å². The third-order valence-electron chi connectivity index (χ3n) is 3.17. The van der Waals surface area contributed by atoms with Crippen LogP contribution >= 0.6 is 0 Å². The van der Waals surface area contributed by atoms with Gasteiger partial charge >= 0.3 is 0 Å². The molecule has 0 aromatic heterocycles. The van der Waals surface area contributed by atoms with Crippen molar-refractivity contribution in [3.8, 4) is 0 Å². The molecule has 2 bridgehead atoms. The molecule has 62 valence electrons. The second-order valence-corrected chi connectivity index (χ2v) is 3.57. The van der Waals surface area contributed by atoms with Crippen LogP contribution in [0.1, 0.15) is 19.3 Å². The van der Waals surface area contributed by atoms with E-state index >= 15 is 0 Å². The highest BCUT2D eigenvalue weighted by atomic mass is 16.3. The molecule has 2 N–H and O–H groups in total. The standard InChI is InChI=1S/C9H14O2/c10-4-8-6-1-2-7(3-6)9(8)5-11/h6-7,10-11H,1-5H2/t6-,7+. The highest BCUT2D eigenvalue weighted by Gasteiger charge is 2.37. The zero-order valence-electron chi connectivity index (χ0n) is 6.58. The van der Waals surface area contributed by atoms with E-state index in [0.717, 1.165) is 11.1 Å². The lowest BCUT2D eigenvalue weighted by atomic mass is 9.93. The van der Waals surface area contributed by atoms with Gasteiger partial charge in [-0.2, -0.15) is 0 Å². The van der Waals surface area contributed by atoms with E-state index < -0.39 is 0 Å². The molecule has 0 unspecified atom stereocenters. The van der Waals surface area contributed by atoms with E-state index in [1.54, 1.807) is 0 Å². The van der Waals surface area contributed by atoms with Gasteiger partial charge in [0.25, 0.3) is 0 Å². The van der Waals surface area contributed by atoms with Crippen LogP contribution in [0.2, 0.25) is 0 Å². The van der Waals surface area contributed by atoms with Crippen molar-refractivity contribution in [1.29, 1.82) is 0 Å².